The van der Waals surface area contributed by atoms with Crippen LogP contribution in [-0.4, -0.2) is 29.9 Å². The van der Waals surface area contributed by atoms with Gasteiger partial charge in [0.05, 0.1) is 0 Å². The first-order valence-electron chi connectivity index (χ1n) is 7.06. The van der Waals surface area contributed by atoms with Crippen molar-refractivity contribution in [1.29, 1.82) is 0 Å². The van der Waals surface area contributed by atoms with Crippen LogP contribution in [0, 0.1) is 11.3 Å². The summed E-state index contributed by atoms with van der Waals surface area (Å²) in [5.41, 5.74) is 5.99. The third-order valence-corrected chi connectivity index (χ3v) is 4.81. The maximum Gasteiger partial charge on any atom is 0.223 e. The lowest BCUT2D eigenvalue weighted by molar-refractivity contribution is -0.139. The summed E-state index contributed by atoms with van der Waals surface area (Å²) < 4.78 is 0. The largest absolute Gasteiger partial charge is 0.340 e. The van der Waals surface area contributed by atoms with Crippen LogP contribution in [-0.2, 0) is 4.79 Å². The van der Waals surface area contributed by atoms with Crippen molar-refractivity contribution in [2.75, 3.05) is 13.1 Å². The average molecular weight is 238 g/mol. The quantitative estimate of drug-likeness (QED) is 0.819. The molecule has 1 aliphatic heterocycles. The van der Waals surface area contributed by atoms with Crippen molar-refractivity contribution in [1.82, 2.24) is 4.90 Å². The lowest BCUT2D eigenvalue weighted by Gasteiger charge is -2.44. The van der Waals surface area contributed by atoms with Gasteiger partial charge in [-0.05, 0) is 50.5 Å². The molecule has 0 spiro atoms. The fourth-order valence-electron chi connectivity index (χ4n) is 3.19. The third kappa shape index (κ3) is 2.65. The van der Waals surface area contributed by atoms with Gasteiger partial charge in [-0.3, -0.25) is 4.79 Å². The zero-order chi connectivity index (χ0) is 12.5. The molecular weight excluding hydrogens is 212 g/mol. The molecule has 2 unspecified atom stereocenters. The van der Waals surface area contributed by atoms with E-state index >= 15 is 0 Å². The van der Waals surface area contributed by atoms with Crippen LogP contribution in [0.3, 0.4) is 0 Å². The lowest BCUT2D eigenvalue weighted by atomic mass is 9.66. The van der Waals surface area contributed by atoms with Crippen molar-refractivity contribution < 1.29 is 4.79 Å². The maximum absolute atomic E-state index is 12.4. The van der Waals surface area contributed by atoms with Crippen molar-refractivity contribution in [2.24, 2.45) is 17.1 Å². The summed E-state index contributed by atoms with van der Waals surface area (Å²) in [6.45, 7) is 6.05. The summed E-state index contributed by atoms with van der Waals surface area (Å²) in [6.07, 6.45) is 6.63. The summed E-state index contributed by atoms with van der Waals surface area (Å²) in [4.78, 5) is 14.5. The number of nitrogens with zero attached hydrogens (tertiary/aromatic N) is 1. The molecule has 98 valence electrons. The predicted octanol–water partition coefficient (Wildman–Crippen LogP) is 2.15. The highest BCUT2D eigenvalue weighted by atomic mass is 16.2. The van der Waals surface area contributed by atoms with E-state index in [2.05, 4.69) is 18.7 Å². The third-order valence-electron chi connectivity index (χ3n) is 4.81. The Bertz CT molecular complexity index is 280. The molecule has 2 N–H and O–H groups in total. The van der Waals surface area contributed by atoms with Gasteiger partial charge < -0.3 is 10.6 Å². The maximum atomic E-state index is 12.4. The van der Waals surface area contributed by atoms with Gasteiger partial charge in [-0.1, -0.05) is 13.3 Å². The van der Waals surface area contributed by atoms with Crippen molar-refractivity contribution in [3.63, 3.8) is 0 Å². The van der Waals surface area contributed by atoms with Crippen LogP contribution in [0.25, 0.3) is 0 Å². The molecule has 3 nitrogen and oxygen atoms in total. The van der Waals surface area contributed by atoms with E-state index in [4.69, 9.17) is 5.73 Å². The molecule has 2 fully saturated rings. The van der Waals surface area contributed by atoms with E-state index in [1.165, 1.54) is 12.8 Å². The minimum absolute atomic E-state index is 0.150. The van der Waals surface area contributed by atoms with E-state index in [9.17, 15) is 4.79 Å². The van der Waals surface area contributed by atoms with Crippen LogP contribution >= 0.6 is 0 Å². The summed E-state index contributed by atoms with van der Waals surface area (Å²) in [6, 6.07) is 0.425. The van der Waals surface area contributed by atoms with Gasteiger partial charge in [0.15, 0.2) is 0 Å². The topological polar surface area (TPSA) is 46.3 Å². The molecule has 3 heteroatoms. The highest BCUT2D eigenvalue weighted by molar-refractivity contribution is 5.77. The normalized spacial score (nSPS) is 32.1. The molecule has 0 radical (unpaired) electrons. The van der Waals surface area contributed by atoms with E-state index < -0.39 is 0 Å². The molecule has 0 aromatic carbocycles. The Kier molecular flexibility index (Phi) is 3.76. The Hall–Kier alpha value is -0.570. The van der Waals surface area contributed by atoms with Gasteiger partial charge in [0.1, 0.15) is 0 Å². The first kappa shape index (κ1) is 12.9. The smallest absolute Gasteiger partial charge is 0.223 e. The first-order chi connectivity index (χ1) is 8.06. The first-order valence-corrected chi connectivity index (χ1v) is 7.06. The number of hydrogen-bond donors (Lipinski definition) is 1. The number of amides is 1. The second-order valence-corrected chi connectivity index (χ2v) is 6.31. The van der Waals surface area contributed by atoms with Gasteiger partial charge in [0.25, 0.3) is 0 Å². The van der Waals surface area contributed by atoms with E-state index in [0.717, 1.165) is 25.8 Å². The van der Waals surface area contributed by atoms with Gasteiger partial charge in [0.2, 0.25) is 5.91 Å². The fraction of sp³-hybridized carbons (Fsp3) is 0.929. The average Bonchev–Trinajstić information content (AvgIpc) is 2.26. The van der Waals surface area contributed by atoms with Crippen molar-refractivity contribution >= 4 is 5.91 Å². The molecule has 0 aromatic heterocycles. The van der Waals surface area contributed by atoms with Crippen molar-refractivity contribution in [3.05, 3.63) is 0 Å². The molecule has 17 heavy (non-hydrogen) atoms. The molecule has 1 saturated heterocycles. The van der Waals surface area contributed by atoms with Gasteiger partial charge in [0, 0.05) is 19.0 Å². The second-order valence-electron chi connectivity index (χ2n) is 6.31. The number of carbonyl (C=O) groups is 1. The number of likely N-dealkylation sites (tertiary alicyclic amines) is 1. The van der Waals surface area contributed by atoms with Gasteiger partial charge in [-0.15, -0.1) is 0 Å². The van der Waals surface area contributed by atoms with Crippen molar-refractivity contribution in [3.8, 4) is 0 Å². The van der Waals surface area contributed by atoms with Crippen LogP contribution in [0.15, 0.2) is 0 Å². The number of nitrogens with two attached hydrogens (primary N) is 1. The Morgan fingerprint density at radius 1 is 1.35 bits per heavy atom. The van der Waals surface area contributed by atoms with Crippen LogP contribution in [0.1, 0.15) is 52.4 Å². The molecule has 2 aliphatic rings. The predicted molar refractivity (Wildman–Crippen MR) is 69.5 cm³/mol. The van der Waals surface area contributed by atoms with E-state index in [-0.39, 0.29) is 5.41 Å². The zero-order valence-corrected chi connectivity index (χ0v) is 11.2. The molecule has 1 heterocycles. The van der Waals surface area contributed by atoms with Crippen LogP contribution in [0.5, 0.6) is 0 Å². The molecule has 0 bridgehead atoms. The SMILES string of the molecule is CC1CCC(C)N(C(=O)CC2(CN)CCC2)C1. The van der Waals surface area contributed by atoms with Gasteiger partial charge in [-0.2, -0.15) is 0 Å². The number of piperidine rings is 1. The molecule has 1 aliphatic carbocycles. The molecule has 1 saturated carbocycles. The van der Waals surface area contributed by atoms with Crippen LogP contribution in [0.2, 0.25) is 0 Å². The summed E-state index contributed by atoms with van der Waals surface area (Å²) in [7, 11) is 0. The molecule has 0 aromatic rings. The minimum atomic E-state index is 0.150. The Morgan fingerprint density at radius 2 is 2.06 bits per heavy atom. The molecule has 2 atom stereocenters. The summed E-state index contributed by atoms with van der Waals surface area (Å²) in [5.74, 6) is 1.000. The molecular formula is C14H26N2O. The standard InChI is InChI=1S/C14H26N2O/c1-11-4-5-12(2)16(9-11)13(17)8-14(10-15)6-3-7-14/h11-12H,3-10,15H2,1-2H3. The summed E-state index contributed by atoms with van der Waals surface area (Å²) >= 11 is 0. The number of rotatable bonds is 3. The van der Waals surface area contributed by atoms with Crippen LogP contribution in [0.4, 0.5) is 0 Å². The summed E-state index contributed by atoms with van der Waals surface area (Å²) in [5, 5.41) is 0. The Balaban J connectivity index is 1.94. The molecule has 2 rings (SSSR count). The highest BCUT2D eigenvalue weighted by Crippen LogP contribution is 2.43. The van der Waals surface area contributed by atoms with Gasteiger partial charge in [-0.25, -0.2) is 0 Å². The fourth-order valence-corrected chi connectivity index (χ4v) is 3.19. The minimum Gasteiger partial charge on any atom is -0.340 e. The van der Waals surface area contributed by atoms with Crippen molar-refractivity contribution in [2.45, 2.75) is 58.4 Å². The number of hydrogen-bond acceptors (Lipinski definition) is 2. The monoisotopic (exact) mass is 238 g/mol. The van der Waals surface area contributed by atoms with E-state index in [1.54, 1.807) is 0 Å². The van der Waals surface area contributed by atoms with E-state index in [0.29, 0.717) is 30.8 Å². The van der Waals surface area contributed by atoms with E-state index in [1.807, 2.05) is 0 Å². The Labute approximate surface area is 105 Å². The Morgan fingerprint density at radius 3 is 2.59 bits per heavy atom. The molecule has 1 amide bonds. The van der Waals surface area contributed by atoms with Crippen LogP contribution < -0.4 is 5.73 Å². The lowest BCUT2D eigenvalue weighted by Crippen LogP contribution is -2.49. The zero-order valence-electron chi connectivity index (χ0n) is 11.2. The second kappa shape index (κ2) is 4.97. The highest BCUT2D eigenvalue weighted by Gasteiger charge is 2.39. The number of carbonyl (C=O) groups excluding carboxylic acids is 1. The van der Waals surface area contributed by atoms with Gasteiger partial charge >= 0.3 is 0 Å².